The minimum atomic E-state index is 0.510. The lowest BCUT2D eigenvalue weighted by Gasteiger charge is -1.94. The van der Waals surface area contributed by atoms with Crippen LogP contribution in [-0.4, -0.2) is 21.1 Å². The molecule has 0 aliphatic carbocycles. The Balaban J connectivity index is 2.10. The van der Waals surface area contributed by atoms with E-state index in [1.807, 2.05) is 49.4 Å². The standard InChI is InChI=1S/C13H14N4S/c1-2-12-15-16-13(18)17(12)14-10-6-9-11-7-4-3-5-8-11/h3-10H,2H2,1H3,(H,16,18)/b9-6+,14-10-. The van der Waals surface area contributed by atoms with Crippen LogP contribution in [0.4, 0.5) is 0 Å². The first-order valence-electron chi connectivity index (χ1n) is 5.73. The van der Waals surface area contributed by atoms with Gasteiger partial charge in [0.1, 0.15) is 0 Å². The highest BCUT2D eigenvalue weighted by Crippen LogP contribution is 2.00. The van der Waals surface area contributed by atoms with Crippen molar-refractivity contribution < 1.29 is 0 Å². The first-order valence-corrected chi connectivity index (χ1v) is 6.14. The molecule has 0 amide bonds. The van der Waals surface area contributed by atoms with Gasteiger partial charge in [0, 0.05) is 12.6 Å². The van der Waals surface area contributed by atoms with Gasteiger partial charge in [-0.2, -0.15) is 14.9 Å². The predicted octanol–water partition coefficient (Wildman–Crippen LogP) is 3.05. The van der Waals surface area contributed by atoms with Gasteiger partial charge in [0.2, 0.25) is 4.77 Å². The molecule has 1 heterocycles. The second kappa shape index (κ2) is 6.07. The zero-order valence-corrected chi connectivity index (χ0v) is 10.9. The van der Waals surface area contributed by atoms with Crippen LogP contribution in [0.1, 0.15) is 18.3 Å². The highest BCUT2D eigenvalue weighted by Gasteiger charge is 1.99. The molecule has 0 bridgehead atoms. The van der Waals surface area contributed by atoms with Crippen LogP contribution < -0.4 is 0 Å². The maximum atomic E-state index is 5.09. The molecule has 0 saturated heterocycles. The SMILES string of the molecule is CCc1n[nH]c(=S)n1/N=C\C=C\c1ccccc1. The van der Waals surface area contributed by atoms with E-state index in [9.17, 15) is 0 Å². The fourth-order valence-electron chi connectivity index (χ4n) is 1.50. The Kier molecular flexibility index (Phi) is 4.20. The van der Waals surface area contributed by atoms with Crippen molar-refractivity contribution in [1.29, 1.82) is 0 Å². The second-order valence-corrected chi connectivity index (χ2v) is 4.03. The molecule has 0 saturated carbocycles. The number of allylic oxidation sites excluding steroid dienone is 1. The Morgan fingerprint density at radius 2 is 2.17 bits per heavy atom. The Morgan fingerprint density at radius 3 is 2.89 bits per heavy atom. The van der Waals surface area contributed by atoms with Gasteiger partial charge in [-0.1, -0.05) is 43.3 Å². The molecular weight excluding hydrogens is 244 g/mol. The lowest BCUT2D eigenvalue weighted by molar-refractivity contribution is 0.780. The van der Waals surface area contributed by atoms with Gasteiger partial charge in [-0.3, -0.25) is 5.10 Å². The summed E-state index contributed by atoms with van der Waals surface area (Å²) in [6.45, 7) is 2.01. The third-order valence-electron chi connectivity index (χ3n) is 2.39. The summed E-state index contributed by atoms with van der Waals surface area (Å²) in [5.74, 6) is 0.823. The quantitative estimate of drug-likeness (QED) is 0.676. The average Bonchev–Trinajstić information content (AvgIpc) is 2.77. The van der Waals surface area contributed by atoms with Crippen LogP contribution in [0.2, 0.25) is 0 Å². The summed E-state index contributed by atoms with van der Waals surface area (Å²) in [6.07, 6.45) is 6.35. The van der Waals surface area contributed by atoms with Gasteiger partial charge in [0.15, 0.2) is 5.82 Å². The summed E-state index contributed by atoms with van der Waals surface area (Å²) >= 11 is 5.09. The van der Waals surface area contributed by atoms with Crippen molar-refractivity contribution in [2.75, 3.05) is 0 Å². The Hall–Kier alpha value is -2.01. The van der Waals surface area contributed by atoms with Crippen molar-refractivity contribution in [3.05, 3.63) is 52.6 Å². The van der Waals surface area contributed by atoms with Crippen LogP contribution in [-0.2, 0) is 6.42 Å². The molecule has 0 spiro atoms. The second-order valence-electron chi connectivity index (χ2n) is 3.64. The number of hydrogen-bond donors (Lipinski definition) is 1. The number of nitrogens with one attached hydrogen (secondary N) is 1. The van der Waals surface area contributed by atoms with Crippen molar-refractivity contribution in [2.24, 2.45) is 5.10 Å². The van der Waals surface area contributed by atoms with E-state index in [2.05, 4.69) is 15.3 Å². The topological polar surface area (TPSA) is 46.0 Å². The van der Waals surface area contributed by atoms with E-state index in [1.165, 1.54) is 0 Å². The highest BCUT2D eigenvalue weighted by molar-refractivity contribution is 7.71. The summed E-state index contributed by atoms with van der Waals surface area (Å²) < 4.78 is 2.14. The molecule has 5 heteroatoms. The van der Waals surface area contributed by atoms with Gasteiger partial charge in [-0.05, 0) is 23.9 Å². The molecule has 1 N–H and O–H groups in total. The fraction of sp³-hybridized carbons (Fsp3) is 0.154. The van der Waals surface area contributed by atoms with Gasteiger partial charge in [0.05, 0.1) is 0 Å². The molecule has 0 aliphatic heterocycles. The molecule has 18 heavy (non-hydrogen) atoms. The van der Waals surface area contributed by atoms with E-state index in [0.29, 0.717) is 4.77 Å². The van der Waals surface area contributed by atoms with Crippen LogP contribution in [0.15, 0.2) is 41.5 Å². The number of benzene rings is 1. The summed E-state index contributed by atoms with van der Waals surface area (Å²) in [6, 6.07) is 10.1. The molecule has 0 unspecified atom stereocenters. The molecule has 0 atom stereocenters. The fourth-order valence-corrected chi connectivity index (χ4v) is 1.69. The van der Waals surface area contributed by atoms with Crippen LogP contribution in [0.25, 0.3) is 6.08 Å². The van der Waals surface area contributed by atoms with Crippen molar-refractivity contribution in [2.45, 2.75) is 13.3 Å². The van der Waals surface area contributed by atoms with E-state index in [0.717, 1.165) is 17.8 Å². The molecule has 2 rings (SSSR count). The van der Waals surface area contributed by atoms with Gasteiger partial charge < -0.3 is 0 Å². The molecule has 4 nitrogen and oxygen atoms in total. The first-order chi connectivity index (χ1) is 8.81. The number of hydrogen-bond acceptors (Lipinski definition) is 3. The Labute approximate surface area is 111 Å². The molecule has 0 fully saturated rings. The zero-order valence-electron chi connectivity index (χ0n) is 10.1. The number of nitrogens with zero attached hydrogens (tertiary/aromatic N) is 3. The van der Waals surface area contributed by atoms with Crippen molar-refractivity contribution in [3.8, 4) is 0 Å². The van der Waals surface area contributed by atoms with E-state index < -0.39 is 0 Å². The number of aromatic nitrogens is 3. The summed E-state index contributed by atoms with van der Waals surface area (Å²) in [7, 11) is 0. The van der Waals surface area contributed by atoms with E-state index in [4.69, 9.17) is 12.2 Å². The lowest BCUT2D eigenvalue weighted by Crippen LogP contribution is -1.95. The molecular formula is C13H14N4S. The minimum absolute atomic E-state index is 0.510. The number of aromatic amines is 1. The maximum absolute atomic E-state index is 5.09. The number of rotatable bonds is 4. The summed E-state index contributed by atoms with van der Waals surface area (Å²) in [4.78, 5) is 0. The number of H-pyrrole nitrogens is 1. The largest absolute Gasteiger partial charge is 0.250 e. The van der Waals surface area contributed by atoms with E-state index in [-0.39, 0.29) is 0 Å². The Bertz CT molecular complexity index is 607. The first kappa shape index (κ1) is 12.4. The number of aryl methyl sites for hydroxylation is 1. The lowest BCUT2D eigenvalue weighted by atomic mass is 10.2. The van der Waals surface area contributed by atoms with Gasteiger partial charge in [-0.25, -0.2) is 0 Å². The molecule has 0 aliphatic rings. The van der Waals surface area contributed by atoms with Gasteiger partial charge >= 0.3 is 0 Å². The van der Waals surface area contributed by atoms with Crippen molar-refractivity contribution in [1.82, 2.24) is 14.9 Å². The highest BCUT2D eigenvalue weighted by atomic mass is 32.1. The summed E-state index contributed by atoms with van der Waals surface area (Å²) in [5.41, 5.74) is 1.13. The zero-order chi connectivity index (χ0) is 12.8. The molecule has 1 aromatic carbocycles. The van der Waals surface area contributed by atoms with E-state index >= 15 is 0 Å². The monoisotopic (exact) mass is 258 g/mol. The normalized spacial score (nSPS) is 11.6. The molecule has 1 aromatic heterocycles. The van der Waals surface area contributed by atoms with Crippen LogP contribution in [0.3, 0.4) is 0 Å². The van der Waals surface area contributed by atoms with Crippen molar-refractivity contribution in [3.63, 3.8) is 0 Å². The maximum Gasteiger partial charge on any atom is 0.216 e. The third kappa shape index (κ3) is 3.01. The third-order valence-corrected chi connectivity index (χ3v) is 2.65. The van der Waals surface area contributed by atoms with Crippen LogP contribution in [0.5, 0.6) is 0 Å². The van der Waals surface area contributed by atoms with Gasteiger partial charge in [0.25, 0.3) is 0 Å². The summed E-state index contributed by atoms with van der Waals surface area (Å²) in [5, 5.41) is 11.1. The average molecular weight is 258 g/mol. The predicted molar refractivity (Wildman–Crippen MR) is 76.2 cm³/mol. The molecule has 2 aromatic rings. The van der Waals surface area contributed by atoms with Crippen LogP contribution >= 0.6 is 12.2 Å². The smallest absolute Gasteiger partial charge is 0.216 e. The molecule has 92 valence electrons. The van der Waals surface area contributed by atoms with Crippen LogP contribution in [0, 0.1) is 4.77 Å². The van der Waals surface area contributed by atoms with Crippen molar-refractivity contribution >= 4 is 24.5 Å². The molecule has 0 radical (unpaired) electrons. The van der Waals surface area contributed by atoms with Gasteiger partial charge in [-0.15, -0.1) is 0 Å². The minimum Gasteiger partial charge on any atom is -0.250 e. The Morgan fingerprint density at radius 1 is 1.39 bits per heavy atom. The van der Waals surface area contributed by atoms with E-state index in [1.54, 1.807) is 10.9 Å².